The summed E-state index contributed by atoms with van der Waals surface area (Å²) in [5, 5.41) is 10.9. The second-order valence-corrected chi connectivity index (χ2v) is 5.96. The van der Waals surface area contributed by atoms with Crippen LogP contribution in [0.2, 0.25) is 0 Å². The van der Waals surface area contributed by atoms with Gasteiger partial charge in [0, 0.05) is 30.6 Å². The summed E-state index contributed by atoms with van der Waals surface area (Å²) in [6, 6.07) is 7.57. The van der Waals surface area contributed by atoms with E-state index in [2.05, 4.69) is 4.98 Å². The van der Waals surface area contributed by atoms with Crippen LogP contribution < -0.4 is 4.74 Å². The Morgan fingerprint density at radius 3 is 2.91 bits per heavy atom. The van der Waals surface area contributed by atoms with Gasteiger partial charge in [0.1, 0.15) is 11.4 Å². The van der Waals surface area contributed by atoms with Gasteiger partial charge in [0.05, 0.1) is 12.7 Å². The lowest BCUT2D eigenvalue weighted by Crippen LogP contribution is -2.35. The molecule has 2 aromatic rings. The summed E-state index contributed by atoms with van der Waals surface area (Å²) in [5.74, 6) is 1.05. The van der Waals surface area contributed by atoms with E-state index in [1.807, 2.05) is 31.2 Å². The van der Waals surface area contributed by atoms with Crippen LogP contribution in [0.1, 0.15) is 30.3 Å². The van der Waals surface area contributed by atoms with Crippen LogP contribution in [0.4, 0.5) is 0 Å². The molecule has 0 spiro atoms. The van der Waals surface area contributed by atoms with Crippen molar-refractivity contribution >= 4 is 16.8 Å². The third-order valence-electron chi connectivity index (χ3n) is 4.11. The summed E-state index contributed by atoms with van der Waals surface area (Å²) in [7, 11) is 1.73. The number of nitrogens with one attached hydrogen (secondary N) is 1. The van der Waals surface area contributed by atoms with Crippen molar-refractivity contribution in [1.29, 1.82) is 0 Å². The molecule has 1 fully saturated rings. The molecule has 1 heterocycles. The molecule has 2 N–H and O–H groups in total. The number of H-pyrrole nitrogens is 1. The van der Waals surface area contributed by atoms with Crippen LogP contribution in [0.3, 0.4) is 0 Å². The first kappa shape index (κ1) is 14.9. The van der Waals surface area contributed by atoms with E-state index in [1.54, 1.807) is 11.9 Å². The van der Waals surface area contributed by atoms with Gasteiger partial charge in [-0.15, -0.1) is 0 Å². The largest absolute Gasteiger partial charge is 0.494 e. The molecule has 0 bridgehead atoms. The Morgan fingerprint density at radius 2 is 2.23 bits per heavy atom. The summed E-state index contributed by atoms with van der Waals surface area (Å²) in [4.78, 5) is 17.2. The highest BCUT2D eigenvalue weighted by Crippen LogP contribution is 2.32. The second-order valence-electron chi connectivity index (χ2n) is 5.96. The maximum absolute atomic E-state index is 12.5. The number of benzene rings is 1. The van der Waals surface area contributed by atoms with Crippen molar-refractivity contribution in [2.45, 2.75) is 25.9 Å². The molecule has 1 aliphatic rings. The Morgan fingerprint density at radius 1 is 1.45 bits per heavy atom. The van der Waals surface area contributed by atoms with Gasteiger partial charge in [-0.1, -0.05) is 0 Å². The predicted molar refractivity (Wildman–Crippen MR) is 85.2 cm³/mol. The SMILES string of the molecule is CCOc1ccc2cc(C(=O)N(C)CC(O)C3CC3)[nH]c2c1. The lowest BCUT2D eigenvalue weighted by Gasteiger charge is -2.20. The molecule has 3 rings (SSSR count). The molecule has 1 atom stereocenters. The number of carbonyl (C=O) groups excluding carboxylic acids is 1. The maximum Gasteiger partial charge on any atom is 0.270 e. The molecule has 5 nitrogen and oxygen atoms in total. The molecule has 1 aromatic carbocycles. The highest BCUT2D eigenvalue weighted by molar-refractivity contribution is 5.98. The molecule has 0 aliphatic heterocycles. The number of hydrogen-bond acceptors (Lipinski definition) is 3. The molecule has 0 radical (unpaired) electrons. The number of amides is 1. The number of aliphatic hydroxyl groups excluding tert-OH is 1. The average Bonchev–Trinajstić information content (AvgIpc) is 3.26. The fraction of sp³-hybridized carbons (Fsp3) is 0.471. The topological polar surface area (TPSA) is 65.6 Å². The zero-order chi connectivity index (χ0) is 15.7. The van der Waals surface area contributed by atoms with Crippen molar-refractivity contribution in [1.82, 2.24) is 9.88 Å². The quantitative estimate of drug-likeness (QED) is 0.861. The van der Waals surface area contributed by atoms with E-state index in [4.69, 9.17) is 4.74 Å². The minimum Gasteiger partial charge on any atom is -0.494 e. The number of fused-ring (bicyclic) bond motifs is 1. The van der Waals surface area contributed by atoms with Crippen molar-refractivity contribution in [2.75, 3.05) is 20.2 Å². The Kier molecular flexibility index (Phi) is 4.07. The van der Waals surface area contributed by atoms with Gasteiger partial charge in [0.15, 0.2) is 0 Å². The van der Waals surface area contributed by atoms with Crippen LogP contribution in [0, 0.1) is 5.92 Å². The van der Waals surface area contributed by atoms with Crippen molar-refractivity contribution in [3.63, 3.8) is 0 Å². The second kappa shape index (κ2) is 6.01. The Balaban J connectivity index is 1.75. The van der Waals surface area contributed by atoms with Crippen LogP contribution in [0.5, 0.6) is 5.75 Å². The van der Waals surface area contributed by atoms with Gasteiger partial charge in [-0.25, -0.2) is 0 Å². The first-order valence-corrected chi connectivity index (χ1v) is 7.77. The molecule has 1 saturated carbocycles. The van der Waals surface area contributed by atoms with Gasteiger partial charge in [0.25, 0.3) is 5.91 Å². The van der Waals surface area contributed by atoms with E-state index in [0.717, 1.165) is 29.5 Å². The molecule has 5 heteroatoms. The van der Waals surface area contributed by atoms with E-state index in [9.17, 15) is 9.90 Å². The van der Waals surface area contributed by atoms with Gasteiger partial charge in [0.2, 0.25) is 0 Å². The van der Waals surface area contributed by atoms with Crippen LogP contribution in [0.25, 0.3) is 10.9 Å². The van der Waals surface area contributed by atoms with E-state index in [0.29, 0.717) is 24.8 Å². The summed E-state index contributed by atoms with van der Waals surface area (Å²) in [6.45, 7) is 2.93. The molecular weight excluding hydrogens is 280 g/mol. The van der Waals surface area contributed by atoms with Gasteiger partial charge in [-0.3, -0.25) is 4.79 Å². The molecule has 118 valence electrons. The number of nitrogens with zero attached hydrogens (tertiary/aromatic N) is 1. The van der Waals surface area contributed by atoms with Crippen molar-refractivity contribution < 1.29 is 14.6 Å². The molecule has 1 aromatic heterocycles. The minimum absolute atomic E-state index is 0.103. The first-order chi connectivity index (χ1) is 10.6. The summed E-state index contributed by atoms with van der Waals surface area (Å²) in [6.07, 6.45) is 1.72. The number of carbonyl (C=O) groups is 1. The molecule has 1 unspecified atom stereocenters. The number of ether oxygens (including phenoxy) is 1. The predicted octanol–water partition coefficient (Wildman–Crippen LogP) is 2.41. The van der Waals surface area contributed by atoms with Crippen molar-refractivity contribution in [2.24, 2.45) is 5.92 Å². The molecule has 1 amide bonds. The van der Waals surface area contributed by atoms with Crippen LogP contribution in [0.15, 0.2) is 24.3 Å². The van der Waals surface area contributed by atoms with Crippen LogP contribution >= 0.6 is 0 Å². The monoisotopic (exact) mass is 302 g/mol. The van der Waals surface area contributed by atoms with E-state index in [1.165, 1.54) is 0 Å². The fourth-order valence-corrected chi connectivity index (χ4v) is 2.68. The summed E-state index contributed by atoms with van der Waals surface area (Å²) >= 11 is 0. The fourth-order valence-electron chi connectivity index (χ4n) is 2.68. The van der Waals surface area contributed by atoms with Gasteiger partial charge in [-0.05, 0) is 43.9 Å². The molecule has 1 aliphatic carbocycles. The normalized spacial score (nSPS) is 15.8. The standard InChI is InChI=1S/C17H22N2O3/c1-3-22-13-7-6-12-8-15(18-14(12)9-13)17(21)19(2)10-16(20)11-4-5-11/h6-9,11,16,18,20H,3-5,10H2,1-2H3. The number of aromatic nitrogens is 1. The lowest BCUT2D eigenvalue weighted by atomic mass is 10.2. The zero-order valence-electron chi connectivity index (χ0n) is 13.0. The summed E-state index contributed by atoms with van der Waals surface area (Å²) < 4.78 is 5.47. The first-order valence-electron chi connectivity index (χ1n) is 7.77. The van der Waals surface area contributed by atoms with Crippen molar-refractivity contribution in [3.05, 3.63) is 30.0 Å². The zero-order valence-corrected chi connectivity index (χ0v) is 13.0. The van der Waals surface area contributed by atoms with Crippen LogP contribution in [-0.2, 0) is 0 Å². The molecule has 22 heavy (non-hydrogen) atoms. The lowest BCUT2D eigenvalue weighted by molar-refractivity contribution is 0.0641. The van der Waals surface area contributed by atoms with E-state index < -0.39 is 6.10 Å². The van der Waals surface area contributed by atoms with Gasteiger partial charge in [-0.2, -0.15) is 0 Å². The molecule has 0 saturated heterocycles. The molecular formula is C17H22N2O3. The Labute approximate surface area is 129 Å². The Bertz CT molecular complexity index is 676. The number of likely N-dealkylation sites (N-methyl/N-ethyl adjacent to an activating group) is 1. The highest BCUT2D eigenvalue weighted by Gasteiger charge is 2.31. The number of rotatable bonds is 6. The van der Waals surface area contributed by atoms with E-state index >= 15 is 0 Å². The van der Waals surface area contributed by atoms with Gasteiger partial charge < -0.3 is 19.7 Å². The third-order valence-corrected chi connectivity index (χ3v) is 4.11. The van der Waals surface area contributed by atoms with Crippen molar-refractivity contribution in [3.8, 4) is 5.75 Å². The smallest absolute Gasteiger partial charge is 0.270 e. The maximum atomic E-state index is 12.5. The van der Waals surface area contributed by atoms with E-state index in [-0.39, 0.29) is 5.91 Å². The van der Waals surface area contributed by atoms with Gasteiger partial charge >= 0.3 is 0 Å². The minimum atomic E-state index is -0.414. The number of aromatic amines is 1. The third kappa shape index (κ3) is 3.09. The van der Waals surface area contributed by atoms with Crippen LogP contribution in [-0.4, -0.2) is 47.2 Å². The summed E-state index contributed by atoms with van der Waals surface area (Å²) in [5.41, 5.74) is 1.42. The number of aliphatic hydroxyl groups is 1. The Hall–Kier alpha value is -2.01. The number of hydrogen-bond donors (Lipinski definition) is 2. The highest BCUT2D eigenvalue weighted by atomic mass is 16.5. The average molecular weight is 302 g/mol.